The molecule has 2 aromatic carbocycles. The fourth-order valence-corrected chi connectivity index (χ4v) is 5.15. The Hall–Kier alpha value is -2.70. The molecule has 0 radical (unpaired) electrons. The lowest BCUT2D eigenvalue weighted by Gasteiger charge is -2.30. The summed E-state index contributed by atoms with van der Waals surface area (Å²) in [4.78, 5) is 12.3. The fourth-order valence-electron chi connectivity index (χ4n) is 4.40. The van der Waals surface area contributed by atoms with Gasteiger partial charge in [-0.15, -0.1) is 0 Å². The quantitative estimate of drug-likeness (QED) is 0.559. The van der Waals surface area contributed by atoms with Gasteiger partial charge in [0.15, 0.2) is 5.78 Å². The first-order valence-electron chi connectivity index (χ1n) is 10.8. The predicted molar refractivity (Wildman–Crippen MR) is 126 cm³/mol. The van der Waals surface area contributed by atoms with Crippen LogP contribution in [0.25, 0.3) is 0 Å². The van der Waals surface area contributed by atoms with E-state index in [4.69, 9.17) is 0 Å². The van der Waals surface area contributed by atoms with Crippen LogP contribution < -0.4 is 0 Å². The van der Waals surface area contributed by atoms with Gasteiger partial charge in [-0.3, -0.25) is 9.35 Å². The van der Waals surface area contributed by atoms with E-state index in [1.54, 1.807) is 36.4 Å². The van der Waals surface area contributed by atoms with E-state index in [9.17, 15) is 22.9 Å². The SMILES string of the molecule is Cc1cc(O)c(C(C)C)cc1[C@H](c1ccccc1S(=O)(=O)O)[C@@H]1C=CC(=O)C(C(C)C)=C1. The van der Waals surface area contributed by atoms with Gasteiger partial charge in [-0.05, 0) is 64.8 Å². The molecule has 170 valence electrons. The largest absolute Gasteiger partial charge is 0.508 e. The lowest BCUT2D eigenvalue weighted by Crippen LogP contribution is -2.21. The topological polar surface area (TPSA) is 91.7 Å². The molecule has 5 nitrogen and oxygen atoms in total. The number of hydrogen-bond donors (Lipinski definition) is 2. The zero-order valence-corrected chi connectivity index (χ0v) is 19.8. The number of allylic oxidation sites excluding steroid dienone is 4. The Morgan fingerprint density at radius 2 is 1.59 bits per heavy atom. The maximum absolute atomic E-state index is 12.4. The molecule has 0 aliphatic heterocycles. The van der Waals surface area contributed by atoms with Gasteiger partial charge < -0.3 is 5.11 Å². The van der Waals surface area contributed by atoms with Crippen molar-refractivity contribution in [3.05, 3.63) is 82.5 Å². The average molecular weight is 455 g/mol. The molecule has 0 unspecified atom stereocenters. The Bertz CT molecular complexity index is 1200. The van der Waals surface area contributed by atoms with Gasteiger partial charge in [0, 0.05) is 11.8 Å². The summed E-state index contributed by atoms with van der Waals surface area (Å²) in [6.45, 7) is 9.72. The number of phenols is 1. The molecule has 32 heavy (non-hydrogen) atoms. The number of carbonyl (C=O) groups excluding carboxylic acids is 1. The highest BCUT2D eigenvalue weighted by molar-refractivity contribution is 7.85. The molecule has 0 spiro atoms. The van der Waals surface area contributed by atoms with Crippen LogP contribution in [0.3, 0.4) is 0 Å². The van der Waals surface area contributed by atoms with Crippen LogP contribution >= 0.6 is 0 Å². The van der Waals surface area contributed by atoms with Crippen LogP contribution in [0.15, 0.2) is 65.1 Å². The van der Waals surface area contributed by atoms with Crippen molar-refractivity contribution < 1.29 is 22.9 Å². The summed E-state index contributed by atoms with van der Waals surface area (Å²) in [6.07, 6.45) is 5.24. The van der Waals surface area contributed by atoms with Crippen LogP contribution in [-0.4, -0.2) is 23.9 Å². The summed E-state index contributed by atoms with van der Waals surface area (Å²) in [6, 6.07) is 10.00. The second-order valence-corrected chi connectivity index (χ2v) is 10.4. The molecule has 0 fully saturated rings. The van der Waals surface area contributed by atoms with E-state index < -0.39 is 16.0 Å². The van der Waals surface area contributed by atoms with Crippen molar-refractivity contribution in [1.82, 2.24) is 0 Å². The van der Waals surface area contributed by atoms with Gasteiger partial charge >= 0.3 is 0 Å². The van der Waals surface area contributed by atoms with Crippen LogP contribution in [0.1, 0.15) is 61.8 Å². The first-order valence-corrected chi connectivity index (χ1v) is 12.2. The molecule has 6 heteroatoms. The lowest BCUT2D eigenvalue weighted by molar-refractivity contribution is -0.111. The van der Waals surface area contributed by atoms with Gasteiger partial charge in [0.1, 0.15) is 5.75 Å². The van der Waals surface area contributed by atoms with E-state index >= 15 is 0 Å². The Morgan fingerprint density at radius 1 is 0.938 bits per heavy atom. The predicted octanol–water partition coefficient (Wildman–Crippen LogP) is 5.54. The van der Waals surface area contributed by atoms with E-state index in [1.165, 1.54) is 6.07 Å². The second-order valence-electron chi connectivity index (χ2n) is 8.99. The molecule has 0 heterocycles. The van der Waals surface area contributed by atoms with Crippen LogP contribution in [0, 0.1) is 18.8 Å². The van der Waals surface area contributed by atoms with Crippen LogP contribution in [-0.2, 0) is 14.9 Å². The number of rotatable bonds is 6. The Morgan fingerprint density at radius 3 is 2.19 bits per heavy atom. The second kappa shape index (κ2) is 9.04. The van der Waals surface area contributed by atoms with E-state index in [1.807, 2.05) is 46.8 Å². The van der Waals surface area contributed by atoms with Gasteiger partial charge in [-0.25, -0.2) is 0 Å². The Labute approximate surface area is 190 Å². The van der Waals surface area contributed by atoms with Gasteiger partial charge in [0.25, 0.3) is 10.1 Å². The van der Waals surface area contributed by atoms with E-state index in [0.717, 1.165) is 16.7 Å². The van der Waals surface area contributed by atoms with Crippen LogP contribution in [0.5, 0.6) is 5.75 Å². The van der Waals surface area contributed by atoms with Crippen molar-refractivity contribution in [2.45, 2.75) is 51.3 Å². The minimum Gasteiger partial charge on any atom is -0.508 e. The fraction of sp³-hybridized carbons (Fsp3) is 0.346. The summed E-state index contributed by atoms with van der Waals surface area (Å²) < 4.78 is 34.4. The first kappa shape index (κ1) is 24.0. The standard InChI is InChI=1S/C26H30O5S/c1-15(2)20-13-18(10-11-23(20)27)26(19-8-6-7-9-25(19)32(29,30)31)22-14-21(16(3)4)24(28)12-17(22)5/h6-16,18,26,28H,1-5H3,(H,29,30,31)/t18-,26+/m1/s1. The van der Waals surface area contributed by atoms with Crippen molar-refractivity contribution in [2.75, 3.05) is 0 Å². The first-order chi connectivity index (χ1) is 14.9. The molecule has 2 atom stereocenters. The zero-order valence-electron chi connectivity index (χ0n) is 19.0. The molecule has 0 saturated heterocycles. The molecule has 0 amide bonds. The van der Waals surface area contributed by atoms with Crippen LogP contribution in [0.4, 0.5) is 0 Å². The maximum Gasteiger partial charge on any atom is 0.294 e. The summed E-state index contributed by atoms with van der Waals surface area (Å²) in [5, 5.41) is 10.5. The molecule has 1 aliphatic rings. The summed E-state index contributed by atoms with van der Waals surface area (Å²) in [5.41, 5.74) is 3.51. The number of hydrogen-bond acceptors (Lipinski definition) is 4. The maximum atomic E-state index is 12.4. The van der Waals surface area contributed by atoms with Gasteiger partial charge in [0.05, 0.1) is 4.90 Å². The van der Waals surface area contributed by atoms with Crippen molar-refractivity contribution >= 4 is 15.9 Å². The molecule has 2 aromatic rings. The average Bonchev–Trinajstić information content (AvgIpc) is 2.70. The number of phenolic OH excluding ortho intramolecular Hbond substituents is 1. The van der Waals surface area contributed by atoms with Gasteiger partial charge in [-0.2, -0.15) is 8.42 Å². The van der Waals surface area contributed by atoms with Crippen molar-refractivity contribution in [2.24, 2.45) is 11.8 Å². The lowest BCUT2D eigenvalue weighted by atomic mass is 9.74. The molecule has 0 aromatic heterocycles. The molecule has 3 rings (SSSR count). The highest BCUT2D eigenvalue weighted by Crippen LogP contribution is 2.43. The third kappa shape index (κ3) is 4.71. The van der Waals surface area contributed by atoms with Crippen molar-refractivity contribution in [1.29, 1.82) is 0 Å². The summed E-state index contributed by atoms with van der Waals surface area (Å²) in [5.74, 6) is -0.587. The van der Waals surface area contributed by atoms with E-state index in [2.05, 4.69) is 0 Å². The molecular formula is C26H30O5S. The molecular weight excluding hydrogens is 424 g/mol. The third-order valence-electron chi connectivity index (χ3n) is 6.04. The van der Waals surface area contributed by atoms with E-state index in [-0.39, 0.29) is 34.2 Å². The minimum atomic E-state index is -4.47. The number of carbonyl (C=O) groups is 1. The zero-order chi connectivity index (χ0) is 23.8. The molecule has 1 aliphatic carbocycles. The highest BCUT2D eigenvalue weighted by atomic mass is 32.2. The smallest absolute Gasteiger partial charge is 0.294 e. The van der Waals surface area contributed by atoms with E-state index in [0.29, 0.717) is 11.1 Å². The molecule has 0 saturated carbocycles. The van der Waals surface area contributed by atoms with Crippen molar-refractivity contribution in [3.63, 3.8) is 0 Å². The number of aromatic hydroxyl groups is 1. The van der Waals surface area contributed by atoms with Gasteiger partial charge in [0.2, 0.25) is 0 Å². The number of aryl methyl sites for hydroxylation is 1. The highest BCUT2D eigenvalue weighted by Gasteiger charge is 2.32. The summed E-state index contributed by atoms with van der Waals surface area (Å²) in [7, 11) is -4.47. The summed E-state index contributed by atoms with van der Waals surface area (Å²) >= 11 is 0. The minimum absolute atomic E-state index is 0.0135. The number of benzene rings is 2. The third-order valence-corrected chi connectivity index (χ3v) is 6.97. The number of ketones is 1. The Kier molecular flexibility index (Phi) is 6.77. The van der Waals surface area contributed by atoms with Crippen LogP contribution in [0.2, 0.25) is 0 Å². The monoisotopic (exact) mass is 454 g/mol. The molecule has 0 bridgehead atoms. The molecule has 2 N–H and O–H groups in total. The van der Waals surface area contributed by atoms with Gasteiger partial charge in [-0.1, -0.05) is 64.1 Å². The van der Waals surface area contributed by atoms with Crippen molar-refractivity contribution in [3.8, 4) is 5.75 Å². The normalized spacial score (nSPS) is 17.7. The Balaban J connectivity index is 2.35.